The molecule has 0 spiro atoms. The van der Waals surface area contributed by atoms with E-state index in [1.165, 1.54) is 6.21 Å². The predicted octanol–water partition coefficient (Wildman–Crippen LogP) is 6.24. The highest BCUT2D eigenvalue weighted by atomic mass is 35.5. The standard InChI is InChI=1S/C29H24Cl2N4O3/c1-35(2)22-11-8-19(9-12-22)16-26(33-28(36)20-6-4-3-5-7-20)29(37)34-32-18-23-13-15-27(38-23)21-10-14-24(30)25(31)17-21/h3-18H,1-2H3,(H,33,36)(H,34,37)/b26-16-,32-18-. The molecule has 0 atom stereocenters. The molecule has 1 aromatic heterocycles. The zero-order valence-corrected chi connectivity index (χ0v) is 22.1. The maximum Gasteiger partial charge on any atom is 0.287 e. The quantitative estimate of drug-likeness (QED) is 0.155. The molecule has 0 unspecified atom stereocenters. The highest BCUT2D eigenvalue weighted by molar-refractivity contribution is 6.42. The topological polar surface area (TPSA) is 86.9 Å². The minimum Gasteiger partial charge on any atom is -0.455 e. The Morgan fingerprint density at radius 3 is 2.32 bits per heavy atom. The molecule has 4 rings (SSSR count). The monoisotopic (exact) mass is 546 g/mol. The van der Waals surface area contributed by atoms with Gasteiger partial charge in [-0.15, -0.1) is 0 Å². The van der Waals surface area contributed by atoms with Crippen LogP contribution in [0.1, 0.15) is 21.7 Å². The fourth-order valence-corrected chi connectivity index (χ4v) is 3.72. The van der Waals surface area contributed by atoms with Gasteiger partial charge in [-0.1, -0.05) is 53.5 Å². The van der Waals surface area contributed by atoms with Gasteiger partial charge >= 0.3 is 0 Å². The van der Waals surface area contributed by atoms with Crippen LogP contribution in [0.3, 0.4) is 0 Å². The lowest BCUT2D eigenvalue weighted by atomic mass is 10.1. The number of amides is 2. The second-order valence-corrected chi connectivity index (χ2v) is 9.21. The maximum absolute atomic E-state index is 13.0. The molecule has 1 heterocycles. The van der Waals surface area contributed by atoms with Gasteiger partial charge in [-0.2, -0.15) is 5.10 Å². The third-order valence-corrected chi connectivity index (χ3v) is 6.18. The summed E-state index contributed by atoms with van der Waals surface area (Å²) in [4.78, 5) is 27.7. The molecule has 0 aliphatic carbocycles. The SMILES string of the molecule is CN(C)c1ccc(/C=C(\NC(=O)c2ccccc2)C(=O)N/N=C\c2ccc(-c3ccc(Cl)c(Cl)c3)o2)cc1. The van der Waals surface area contributed by atoms with E-state index >= 15 is 0 Å². The lowest BCUT2D eigenvalue weighted by Gasteiger charge is -2.12. The van der Waals surface area contributed by atoms with Crippen LogP contribution in [-0.4, -0.2) is 32.1 Å². The predicted molar refractivity (Wildman–Crippen MR) is 153 cm³/mol. The molecule has 0 radical (unpaired) electrons. The van der Waals surface area contributed by atoms with Crippen molar-refractivity contribution in [3.8, 4) is 11.3 Å². The normalized spacial score (nSPS) is 11.4. The number of carbonyl (C=O) groups excluding carboxylic acids is 2. The van der Waals surface area contributed by atoms with Gasteiger partial charge in [0.25, 0.3) is 11.8 Å². The molecule has 0 saturated carbocycles. The first-order chi connectivity index (χ1) is 18.3. The van der Waals surface area contributed by atoms with Crippen LogP contribution < -0.4 is 15.6 Å². The summed E-state index contributed by atoms with van der Waals surface area (Å²) in [5.41, 5.74) is 5.38. The van der Waals surface area contributed by atoms with Gasteiger partial charge in [-0.05, 0) is 66.2 Å². The number of halogens is 2. The van der Waals surface area contributed by atoms with Gasteiger partial charge in [0.1, 0.15) is 17.2 Å². The number of hydrazone groups is 1. The zero-order valence-electron chi connectivity index (χ0n) is 20.6. The van der Waals surface area contributed by atoms with Crippen molar-refractivity contribution < 1.29 is 14.0 Å². The molecule has 192 valence electrons. The van der Waals surface area contributed by atoms with Gasteiger partial charge in [0.05, 0.1) is 16.3 Å². The second kappa shape index (κ2) is 12.3. The molecule has 0 saturated heterocycles. The molecule has 0 bridgehead atoms. The summed E-state index contributed by atoms with van der Waals surface area (Å²) >= 11 is 12.1. The summed E-state index contributed by atoms with van der Waals surface area (Å²) in [5.74, 6) is -0.0469. The van der Waals surface area contributed by atoms with Crippen LogP contribution in [0.4, 0.5) is 5.69 Å². The summed E-state index contributed by atoms with van der Waals surface area (Å²) in [6, 6.07) is 24.8. The van der Waals surface area contributed by atoms with Crippen LogP contribution >= 0.6 is 23.2 Å². The Morgan fingerprint density at radius 2 is 1.63 bits per heavy atom. The van der Waals surface area contributed by atoms with Crippen molar-refractivity contribution in [1.29, 1.82) is 0 Å². The van der Waals surface area contributed by atoms with Crippen molar-refractivity contribution >= 4 is 53.0 Å². The Bertz CT molecular complexity index is 1490. The van der Waals surface area contributed by atoms with E-state index in [9.17, 15) is 9.59 Å². The summed E-state index contributed by atoms with van der Waals surface area (Å²) < 4.78 is 5.76. The Kier molecular flexibility index (Phi) is 8.63. The molecule has 4 aromatic rings. The molecule has 2 N–H and O–H groups in total. The van der Waals surface area contributed by atoms with Crippen LogP contribution in [0.2, 0.25) is 10.0 Å². The van der Waals surface area contributed by atoms with E-state index in [1.54, 1.807) is 60.7 Å². The van der Waals surface area contributed by atoms with Gasteiger partial charge in [-0.3, -0.25) is 9.59 Å². The number of hydrogen-bond acceptors (Lipinski definition) is 5. The van der Waals surface area contributed by atoms with E-state index in [2.05, 4.69) is 15.8 Å². The minimum atomic E-state index is -0.599. The van der Waals surface area contributed by atoms with Gasteiger partial charge in [0, 0.05) is 30.9 Å². The molecule has 3 aromatic carbocycles. The van der Waals surface area contributed by atoms with Crippen molar-refractivity contribution in [2.45, 2.75) is 0 Å². The maximum atomic E-state index is 13.0. The molecule has 0 fully saturated rings. The second-order valence-electron chi connectivity index (χ2n) is 8.39. The van der Waals surface area contributed by atoms with E-state index in [-0.39, 0.29) is 5.70 Å². The fourth-order valence-electron chi connectivity index (χ4n) is 3.42. The first kappa shape index (κ1) is 26.7. The van der Waals surface area contributed by atoms with Gasteiger partial charge in [-0.25, -0.2) is 5.43 Å². The van der Waals surface area contributed by atoms with Crippen LogP contribution in [0.15, 0.2) is 100 Å². The molecule has 0 aliphatic heterocycles. The van der Waals surface area contributed by atoms with Gasteiger partial charge < -0.3 is 14.6 Å². The Hall–Kier alpha value is -4.33. The highest BCUT2D eigenvalue weighted by Crippen LogP contribution is 2.29. The smallest absolute Gasteiger partial charge is 0.287 e. The third-order valence-electron chi connectivity index (χ3n) is 5.44. The highest BCUT2D eigenvalue weighted by Gasteiger charge is 2.14. The van der Waals surface area contributed by atoms with E-state index in [0.717, 1.165) is 16.8 Å². The van der Waals surface area contributed by atoms with Crippen molar-refractivity contribution in [2.75, 3.05) is 19.0 Å². The van der Waals surface area contributed by atoms with Crippen LogP contribution in [0.5, 0.6) is 0 Å². The van der Waals surface area contributed by atoms with Crippen molar-refractivity contribution in [2.24, 2.45) is 5.10 Å². The van der Waals surface area contributed by atoms with E-state index in [4.69, 9.17) is 27.6 Å². The molecule has 0 aliphatic rings. The number of rotatable bonds is 8. The molecular formula is C29H24Cl2N4O3. The average Bonchev–Trinajstić information content (AvgIpc) is 3.39. The molecule has 7 nitrogen and oxygen atoms in total. The van der Waals surface area contributed by atoms with E-state index in [0.29, 0.717) is 27.1 Å². The number of nitrogens with zero attached hydrogens (tertiary/aromatic N) is 2. The summed E-state index contributed by atoms with van der Waals surface area (Å²) in [6.45, 7) is 0. The zero-order chi connectivity index (χ0) is 27.1. The van der Waals surface area contributed by atoms with E-state index < -0.39 is 11.8 Å². The van der Waals surface area contributed by atoms with Crippen LogP contribution in [0.25, 0.3) is 17.4 Å². The molecule has 38 heavy (non-hydrogen) atoms. The minimum absolute atomic E-state index is 0.0320. The van der Waals surface area contributed by atoms with E-state index in [1.807, 2.05) is 49.3 Å². The number of carbonyl (C=O) groups is 2. The Balaban J connectivity index is 1.50. The first-order valence-electron chi connectivity index (χ1n) is 11.5. The van der Waals surface area contributed by atoms with Crippen LogP contribution in [0, 0.1) is 0 Å². The summed E-state index contributed by atoms with van der Waals surface area (Å²) in [6.07, 6.45) is 2.95. The largest absolute Gasteiger partial charge is 0.455 e. The molecule has 2 amide bonds. The number of hydrogen-bond donors (Lipinski definition) is 2. The first-order valence-corrected chi connectivity index (χ1v) is 12.3. The van der Waals surface area contributed by atoms with Gasteiger partial charge in [0.2, 0.25) is 0 Å². The third kappa shape index (κ3) is 6.91. The fraction of sp³-hybridized carbons (Fsp3) is 0.0690. The number of nitrogens with one attached hydrogen (secondary N) is 2. The average molecular weight is 547 g/mol. The lowest BCUT2D eigenvalue weighted by molar-refractivity contribution is -0.117. The van der Waals surface area contributed by atoms with Crippen molar-refractivity contribution in [3.05, 3.63) is 118 Å². The lowest BCUT2D eigenvalue weighted by Crippen LogP contribution is -2.32. The van der Waals surface area contributed by atoms with Gasteiger partial charge in [0.15, 0.2) is 0 Å². The Morgan fingerprint density at radius 1 is 0.895 bits per heavy atom. The van der Waals surface area contributed by atoms with Crippen molar-refractivity contribution in [1.82, 2.24) is 10.7 Å². The molecular weight excluding hydrogens is 523 g/mol. The number of benzene rings is 3. The number of furan rings is 1. The summed E-state index contributed by atoms with van der Waals surface area (Å²) in [7, 11) is 3.88. The summed E-state index contributed by atoms with van der Waals surface area (Å²) in [5, 5.41) is 7.54. The number of anilines is 1. The Labute approximate surface area is 230 Å². The van der Waals surface area contributed by atoms with Crippen molar-refractivity contribution in [3.63, 3.8) is 0 Å². The molecule has 9 heteroatoms. The van der Waals surface area contributed by atoms with Crippen LogP contribution in [-0.2, 0) is 4.79 Å².